The van der Waals surface area contributed by atoms with Crippen LogP contribution < -0.4 is 18.9 Å². The first kappa shape index (κ1) is 40.4. The van der Waals surface area contributed by atoms with Crippen molar-refractivity contribution in [2.24, 2.45) is 0 Å². The molecule has 0 aliphatic heterocycles. The van der Waals surface area contributed by atoms with E-state index >= 15 is 0 Å². The van der Waals surface area contributed by atoms with E-state index in [0.717, 1.165) is 0 Å². The first-order chi connectivity index (χ1) is 1.73. The molecule has 0 aromatic carbocycles. The third kappa shape index (κ3) is 1750. The summed E-state index contributed by atoms with van der Waals surface area (Å²) in [5.74, 6) is 0. The minimum absolute atomic E-state index is 0. The Bertz CT molecular complexity index is 39.9. The standard InChI is InChI=1S/CH2O3.Al.Li.2H2O.3H/c2-1(3)4;;;;;;;/h(H2,2,3,4);;;2*1H2;;;/q;;+1;;;;;-1. The molecule has 0 saturated heterocycles. The van der Waals surface area contributed by atoms with Gasteiger partial charge in [0.2, 0.25) is 0 Å². The van der Waals surface area contributed by atoms with E-state index in [1.165, 1.54) is 0 Å². The van der Waals surface area contributed by atoms with Crippen molar-refractivity contribution < 1.29 is 46.2 Å². The first-order valence-corrected chi connectivity index (χ1v) is 0.651. The van der Waals surface area contributed by atoms with Crippen LogP contribution in [0.5, 0.6) is 0 Å². The van der Waals surface area contributed by atoms with E-state index in [0.29, 0.717) is 0 Å². The van der Waals surface area contributed by atoms with E-state index in [1.807, 2.05) is 0 Å². The van der Waals surface area contributed by atoms with Crippen molar-refractivity contribution in [2.45, 2.75) is 0 Å². The third-order valence-electron chi connectivity index (χ3n) is 0. The van der Waals surface area contributed by atoms with Crippen LogP contribution in [0.15, 0.2) is 0 Å². The van der Waals surface area contributed by atoms with Crippen LogP contribution >= 0.6 is 0 Å². The van der Waals surface area contributed by atoms with Crippen LogP contribution in [0.3, 0.4) is 0 Å². The van der Waals surface area contributed by atoms with Gasteiger partial charge in [-0.3, -0.25) is 0 Å². The second-order valence-electron chi connectivity index (χ2n) is 0.283. The molecule has 0 fully saturated rings. The smallest absolute Gasteiger partial charge is 1.00 e. The van der Waals surface area contributed by atoms with E-state index in [2.05, 4.69) is 0 Å². The van der Waals surface area contributed by atoms with Gasteiger partial charge in [-0.25, -0.2) is 4.79 Å². The maximum Gasteiger partial charge on any atom is 1.00 e. The van der Waals surface area contributed by atoms with Crippen molar-refractivity contribution in [2.75, 3.05) is 0 Å². The van der Waals surface area contributed by atoms with Crippen molar-refractivity contribution in [3.05, 3.63) is 0 Å². The van der Waals surface area contributed by atoms with Gasteiger partial charge in [-0.2, -0.15) is 0 Å². The molecule has 0 aromatic rings. The minimum atomic E-state index is -1.83. The molecule has 0 aliphatic carbocycles. The number of carbonyl (C=O) groups is 1. The number of rotatable bonds is 0. The van der Waals surface area contributed by atoms with Crippen molar-refractivity contribution in [3.8, 4) is 0 Å². The molecule has 1 radical (unpaired) electrons. The number of carboxylic acid groups (broad SMARTS) is 2. The molecule has 7 heteroatoms. The number of hydrogen-bond donors (Lipinski definition) is 2. The van der Waals surface area contributed by atoms with Crippen molar-refractivity contribution >= 4 is 23.5 Å². The van der Waals surface area contributed by atoms with Crippen LogP contribution in [0.2, 0.25) is 0 Å². The Morgan fingerprint density at radius 2 is 1.25 bits per heavy atom. The van der Waals surface area contributed by atoms with E-state index in [9.17, 15) is 0 Å². The first-order valence-electron chi connectivity index (χ1n) is 0.651. The van der Waals surface area contributed by atoms with E-state index in [-0.39, 0.29) is 48.6 Å². The van der Waals surface area contributed by atoms with E-state index in [4.69, 9.17) is 15.0 Å². The second-order valence-corrected chi connectivity index (χ2v) is 0.283. The Morgan fingerprint density at radius 3 is 1.25 bits per heavy atom. The summed E-state index contributed by atoms with van der Waals surface area (Å²) in [6.45, 7) is 0. The quantitative estimate of drug-likeness (QED) is 0.323. The Kier molecular flexibility index (Phi) is 134. The van der Waals surface area contributed by atoms with Gasteiger partial charge in [-0.05, 0) is 0 Å². The van der Waals surface area contributed by atoms with Gasteiger partial charge >= 0.3 is 25.0 Å². The summed E-state index contributed by atoms with van der Waals surface area (Å²) in [5, 5.41) is 13.9. The maximum absolute atomic E-state index is 8.56. The second kappa shape index (κ2) is 26.5. The van der Waals surface area contributed by atoms with Gasteiger partial charge in [0.1, 0.15) is 17.4 Å². The van der Waals surface area contributed by atoms with Gasteiger partial charge in [-0.15, -0.1) is 0 Å². The average Bonchev–Trinajstić information content (AvgIpc) is 0.811. The van der Waals surface area contributed by atoms with Crippen LogP contribution in [0, 0.1) is 0 Å². The Balaban J connectivity index is -0.00000000450. The molecule has 0 aromatic heterocycles. The van der Waals surface area contributed by atoms with Crippen LogP contribution in [0.25, 0.3) is 0 Å². The molecule has 47 valence electrons. The van der Waals surface area contributed by atoms with Crippen LogP contribution in [0.1, 0.15) is 1.43 Å². The van der Waals surface area contributed by atoms with Gasteiger partial charge in [0.05, 0.1) is 0 Å². The van der Waals surface area contributed by atoms with Gasteiger partial charge in [0.15, 0.2) is 0 Å². The molecule has 0 amide bonds. The van der Waals surface area contributed by atoms with Crippen molar-refractivity contribution in [1.29, 1.82) is 0 Å². The summed E-state index contributed by atoms with van der Waals surface area (Å²) in [7, 11) is 0. The molecule has 0 saturated carbocycles. The molecule has 0 rings (SSSR count). The fourth-order valence-electron chi connectivity index (χ4n) is 0. The number of hydrogen-bond acceptors (Lipinski definition) is 1. The fraction of sp³-hybridized carbons (Fsp3) is 0. The molecule has 0 atom stereocenters. The zero-order valence-corrected chi connectivity index (χ0v) is 6.80. The zero-order chi connectivity index (χ0) is 3.58. The van der Waals surface area contributed by atoms with Gasteiger partial charge < -0.3 is 22.6 Å². The Labute approximate surface area is 70.1 Å². The van der Waals surface area contributed by atoms with Crippen LogP contribution in [-0.4, -0.2) is 44.7 Å². The summed E-state index contributed by atoms with van der Waals surface area (Å²) in [5.41, 5.74) is 0. The SMILES string of the molecule is O.O.O=C(O)O.[AlH2].[H-].[Li+]. The van der Waals surface area contributed by atoms with Crippen molar-refractivity contribution in [3.63, 3.8) is 0 Å². The summed E-state index contributed by atoms with van der Waals surface area (Å²) >= 11 is 0. The largest absolute Gasteiger partial charge is 1.00 e. The molecule has 6 N–H and O–H groups in total. The van der Waals surface area contributed by atoms with Crippen LogP contribution in [0.4, 0.5) is 4.79 Å². The molecule has 8 heavy (non-hydrogen) atoms. The maximum atomic E-state index is 8.56. The summed E-state index contributed by atoms with van der Waals surface area (Å²) in [6, 6.07) is 0. The van der Waals surface area contributed by atoms with Gasteiger partial charge in [0.25, 0.3) is 0 Å². The minimum Gasteiger partial charge on any atom is -1.00 e. The predicted molar refractivity (Wildman–Crippen MR) is 27.5 cm³/mol. The summed E-state index contributed by atoms with van der Waals surface area (Å²) in [4.78, 5) is 8.56. The van der Waals surface area contributed by atoms with E-state index in [1.54, 1.807) is 0 Å². The predicted octanol–water partition coefficient (Wildman–Crippen LogP) is -5.23. The Morgan fingerprint density at radius 1 is 1.25 bits per heavy atom. The molecule has 0 bridgehead atoms. The van der Waals surface area contributed by atoms with E-state index < -0.39 is 6.16 Å². The van der Waals surface area contributed by atoms with Gasteiger partial charge in [-0.1, -0.05) is 0 Å². The molecule has 0 spiro atoms. The van der Waals surface area contributed by atoms with Crippen LogP contribution in [-0.2, 0) is 0 Å². The molecular weight excluding hydrogens is 126 g/mol. The molecule has 5 nitrogen and oxygen atoms in total. The summed E-state index contributed by atoms with van der Waals surface area (Å²) < 4.78 is 0. The molecule has 0 unspecified atom stereocenters. The molecule has 0 heterocycles. The van der Waals surface area contributed by atoms with Gasteiger partial charge in [0, 0.05) is 0 Å². The third-order valence-corrected chi connectivity index (χ3v) is 0. The Hall–Kier alpha value is 0.320. The molecule has 0 aliphatic rings. The van der Waals surface area contributed by atoms with Crippen molar-refractivity contribution in [1.82, 2.24) is 0 Å². The average molecular weight is 135 g/mol. The topological polar surface area (TPSA) is 121 Å². The zero-order valence-electron chi connectivity index (χ0n) is 5.80. The monoisotopic (exact) mass is 135 g/mol. The molecular formula is CH9AlLiO5. The normalized spacial score (nSPS) is 3.00. The fourth-order valence-corrected chi connectivity index (χ4v) is 0. The summed E-state index contributed by atoms with van der Waals surface area (Å²) in [6.07, 6.45) is -1.83.